The van der Waals surface area contributed by atoms with Gasteiger partial charge in [0, 0.05) is 30.9 Å². The van der Waals surface area contributed by atoms with Gasteiger partial charge in [-0.25, -0.2) is 4.79 Å². The predicted octanol–water partition coefficient (Wildman–Crippen LogP) is 5.14. The van der Waals surface area contributed by atoms with Crippen molar-refractivity contribution < 1.29 is 14.3 Å². The second-order valence-electron chi connectivity index (χ2n) is 10.4. The number of aromatic nitrogens is 2. The van der Waals surface area contributed by atoms with Crippen LogP contribution < -0.4 is 0 Å². The second kappa shape index (κ2) is 8.35. The third-order valence-corrected chi connectivity index (χ3v) is 6.86. The minimum absolute atomic E-state index is 0.00358. The van der Waals surface area contributed by atoms with Gasteiger partial charge in [-0.05, 0) is 81.7 Å². The Labute approximate surface area is 199 Å². The van der Waals surface area contributed by atoms with Crippen LogP contribution in [0, 0.1) is 0 Å². The third kappa shape index (κ3) is 4.60. The molecule has 0 bridgehead atoms. The van der Waals surface area contributed by atoms with E-state index in [1.807, 2.05) is 53.6 Å². The Hall–Kier alpha value is -2.54. The van der Waals surface area contributed by atoms with Crippen LogP contribution in [0.15, 0.2) is 24.5 Å². The van der Waals surface area contributed by atoms with Crippen LogP contribution in [-0.2, 0) is 17.7 Å². The van der Waals surface area contributed by atoms with Gasteiger partial charge in [0.15, 0.2) is 0 Å². The SMILES string of the molecule is CC(C)(C)OC(=O)N1CCCC1c1cc(Cl)cc2c1CN(C(=O)c1cnn(C3CC3)c1)CC2. The first-order valence-electron chi connectivity index (χ1n) is 11.8. The molecule has 3 heterocycles. The van der Waals surface area contributed by atoms with Crippen molar-refractivity contribution in [2.45, 2.75) is 77.1 Å². The molecule has 1 unspecified atom stereocenters. The third-order valence-electron chi connectivity index (χ3n) is 6.64. The van der Waals surface area contributed by atoms with E-state index < -0.39 is 5.60 Å². The van der Waals surface area contributed by atoms with Crippen molar-refractivity contribution in [1.29, 1.82) is 0 Å². The van der Waals surface area contributed by atoms with Crippen molar-refractivity contribution in [2.24, 2.45) is 0 Å². The van der Waals surface area contributed by atoms with Gasteiger partial charge < -0.3 is 14.5 Å². The minimum atomic E-state index is -0.549. The summed E-state index contributed by atoms with van der Waals surface area (Å²) < 4.78 is 7.58. The highest BCUT2D eigenvalue weighted by molar-refractivity contribution is 6.30. The van der Waals surface area contributed by atoms with Crippen molar-refractivity contribution in [1.82, 2.24) is 19.6 Å². The number of fused-ring (bicyclic) bond motifs is 1. The highest BCUT2D eigenvalue weighted by Crippen LogP contribution is 2.39. The predicted molar refractivity (Wildman–Crippen MR) is 125 cm³/mol. The van der Waals surface area contributed by atoms with Gasteiger partial charge in [-0.1, -0.05) is 11.6 Å². The topological polar surface area (TPSA) is 67.7 Å². The maximum atomic E-state index is 13.3. The smallest absolute Gasteiger partial charge is 0.410 e. The normalized spacial score (nSPS) is 20.7. The zero-order chi connectivity index (χ0) is 23.3. The number of nitrogens with zero attached hydrogens (tertiary/aromatic N) is 4. The highest BCUT2D eigenvalue weighted by Gasteiger charge is 2.36. The Morgan fingerprint density at radius 1 is 1.15 bits per heavy atom. The number of rotatable bonds is 3. The molecule has 8 heteroatoms. The molecule has 1 saturated carbocycles. The van der Waals surface area contributed by atoms with Gasteiger partial charge >= 0.3 is 6.09 Å². The maximum Gasteiger partial charge on any atom is 0.410 e. The van der Waals surface area contributed by atoms with E-state index in [-0.39, 0.29) is 18.0 Å². The number of hydrogen-bond acceptors (Lipinski definition) is 4. The van der Waals surface area contributed by atoms with E-state index >= 15 is 0 Å². The van der Waals surface area contributed by atoms with Crippen LogP contribution >= 0.6 is 11.6 Å². The standard InChI is InChI=1S/C25H31ClN4O3/c1-25(2,3)33-24(32)29-9-4-5-22(29)20-12-18(26)11-16-8-10-28(15-21(16)20)23(31)17-13-27-30(14-17)19-6-7-19/h11-14,19,22H,4-10,15H2,1-3H3. The summed E-state index contributed by atoms with van der Waals surface area (Å²) >= 11 is 6.50. The van der Waals surface area contributed by atoms with Crippen LogP contribution in [-0.4, -0.2) is 50.3 Å². The van der Waals surface area contributed by atoms with E-state index in [1.165, 1.54) is 0 Å². The molecule has 2 amide bonds. The molecule has 2 fully saturated rings. The molecule has 5 rings (SSSR count). The summed E-state index contributed by atoms with van der Waals surface area (Å²) in [7, 11) is 0. The summed E-state index contributed by atoms with van der Waals surface area (Å²) in [6, 6.07) is 4.32. The zero-order valence-electron chi connectivity index (χ0n) is 19.5. The molecule has 7 nitrogen and oxygen atoms in total. The number of carbonyl (C=O) groups is 2. The molecule has 2 aliphatic heterocycles. The maximum absolute atomic E-state index is 13.3. The van der Waals surface area contributed by atoms with E-state index in [2.05, 4.69) is 5.10 Å². The Kier molecular flexibility index (Phi) is 5.63. The van der Waals surface area contributed by atoms with Crippen molar-refractivity contribution in [3.8, 4) is 0 Å². The molecule has 3 aliphatic rings. The van der Waals surface area contributed by atoms with Crippen LogP contribution in [0.4, 0.5) is 4.79 Å². The minimum Gasteiger partial charge on any atom is -0.444 e. The fourth-order valence-corrected chi connectivity index (χ4v) is 5.18. The van der Waals surface area contributed by atoms with Crippen LogP contribution in [0.3, 0.4) is 0 Å². The van der Waals surface area contributed by atoms with Crippen molar-refractivity contribution in [2.75, 3.05) is 13.1 Å². The molecule has 1 atom stereocenters. The average molecular weight is 471 g/mol. The number of amides is 2. The number of benzene rings is 1. The largest absolute Gasteiger partial charge is 0.444 e. The van der Waals surface area contributed by atoms with Crippen LogP contribution in [0.1, 0.15) is 85.6 Å². The Balaban J connectivity index is 1.41. The van der Waals surface area contributed by atoms with E-state index in [0.29, 0.717) is 36.3 Å². The molecule has 33 heavy (non-hydrogen) atoms. The molecule has 176 valence electrons. The van der Waals surface area contributed by atoms with Gasteiger partial charge in [-0.3, -0.25) is 9.48 Å². The first-order valence-corrected chi connectivity index (χ1v) is 12.2. The van der Waals surface area contributed by atoms with Crippen LogP contribution in [0.5, 0.6) is 0 Å². The summed E-state index contributed by atoms with van der Waals surface area (Å²) in [5, 5.41) is 5.05. The lowest BCUT2D eigenvalue weighted by Gasteiger charge is -2.34. The molecule has 2 aromatic rings. The van der Waals surface area contributed by atoms with Crippen LogP contribution in [0.2, 0.25) is 5.02 Å². The Morgan fingerprint density at radius 3 is 2.67 bits per heavy atom. The quantitative estimate of drug-likeness (QED) is 0.622. The van der Waals surface area contributed by atoms with Gasteiger partial charge in [0.25, 0.3) is 5.91 Å². The van der Waals surface area contributed by atoms with Crippen molar-refractivity contribution in [3.05, 3.63) is 51.8 Å². The van der Waals surface area contributed by atoms with Crippen molar-refractivity contribution in [3.63, 3.8) is 0 Å². The Bertz CT molecular complexity index is 1090. The average Bonchev–Trinajstić information content (AvgIpc) is 3.28. The lowest BCUT2D eigenvalue weighted by Crippen LogP contribution is -2.39. The van der Waals surface area contributed by atoms with Gasteiger partial charge in [-0.2, -0.15) is 5.10 Å². The summed E-state index contributed by atoms with van der Waals surface area (Å²) in [4.78, 5) is 29.9. The van der Waals surface area contributed by atoms with Gasteiger partial charge in [0.2, 0.25) is 0 Å². The van der Waals surface area contributed by atoms with E-state index in [1.54, 1.807) is 6.20 Å². The molecule has 1 saturated heterocycles. The molecule has 1 aromatic heterocycles. The number of hydrogen-bond donors (Lipinski definition) is 0. The highest BCUT2D eigenvalue weighted by atomic mass is 35.5. The molecule has 0 spiro atoms. The lowest BCUT2D eigenvalue weighted by molar-refractivity contribution is 0.0222. The van der Waals surface area contributed by atoms with E-state index in [0.717, 1.165) is 48.8 Å². The summed E-state index contributed by atoms with van der Waals surface area (Å²) in [5.41, 5.74) is 3.39. The number of ether oxygens (including phenoxy) is 1. The lowest BCUT2D eigenvalue weighted by atomic mass is 9.90. The first-order chi connectivity index (χ1) is 15.7. The fourth-order valence-electron chi connectivity index (χ4n) is 4.93. The molecule has 1 aliphatic carbocycles. The van der Waals surface area contributed by atoms with E-state index in [4.69, 9.17) is 16.3 Å². The number of halogens is 1. The zero-order valence-corrected chi connectivity index (χ0v) is 20.3. The van der Waals surface area contributed by atoms with Gasteiger partial charge in [-0.15, -0.1) is 0 Å². The second-order valence-corrected chi connectivity index (χ2v) is 10.8. The molecule has 1 aromatic carbocycles. The summed E-state index contributed by atoms with van der Waals surface area (Å²) in [5.74, 6) is 0.00358. The Morgan fingerprint density at radius 2 is 1.94 bits per heavy atom. The first kappa shape index (κ1) is 22.3. The summed E-state index contributed by atoms with van der Waals surface area (Å²) in [6.45, 7) is 7.45. The van der Waals surface area contributed by atoms with Crippen LogP contribution in [0.25, 0.3) is 0 Å². The number of carbonyl (C=O) groups excluding carboxylic acids is 2. The van der Waals surface area contributed by atoms with Crippen molar-refractivity contribution >= 4 is 23.6 Å². The number of likely N-dealkylation sites (tertiary alicyclic amines) is 1. The fraction of sp³-hybridized carbons (Fsp3) is 0.560. The van der Waals surface area contributed by atoms with E-state index in [9.17, 15) is 9.59 Å². The molecular weight excluding hydrogens is 440 g/mol. The summed E-state index contributed by atoms with van der Waals surface area (Å²) in [6.07, 6.45) is 8.03. The molecule has 0 radical (unpaired) electrons. The van der Waals surface area contributed by atoms with Gasteiger partial charge in [0.05, 0.1) is 23.8 Å². The molecule has 0 N–H and O–H groups in total. The van der Waals surface area contributed by atoms with Gasteiger partial charge in [0.1, 0.15) is 5.60 Å². The monoisotopic (exact) mass is 470 g/mol. The molecular formula is C25H31ClN4O3.